The van der Waals surface area contributed by atoms with Crippen molar-refractivity contribution in [1.82, 2.24) is 5.32 Å². The molecule has 2 nitrogen and oxygen atoms in total. The van der Waals surface area contributed by atoms with E-state index < -0.39 is 5.82 Å². The molecule has 0 aliphatic rings. The van der Waals surface area contributed by atoms with E-state index in [1.54, 1.807) is 24.3 Å². The Labute approximate surface area is 117 Å². The molecule has 2 aromatic rings. The van der Waals surface area contributed by atoms with Crippen LogP contribution in [0.4, 0.5) is 8.78 Å². The van der Waals surface area contributed by atoms with Gasteiger partial charge in [0, 0.05) is 17.7 Å². The minimum atomic E-state index is -0.448. The summed E-state index contributed by atoms with van der Waals surface area (Å²) in [5, 5.41) is 12.3. The van der Waals surface area contributed by atoms with Gasteiger partial charge in [-0.3, -0.25) is 0 Å². The Balaban J connectivity index is 1.92. The Hall–Kier alpha value is -1.94. The first-order valence-electron chi connectivity index (χ1n) is 6.53. The highest BCUT2D eigenvalue weighted by Gasteiger charge is 2.11. The van der Waals surface area contributed by atoms with Crippen molar-refractivity contribution >= 4 is 0 Å². The van der Waals surface area contributed by atoms with Gasteiger partial charge < -0.3 is 10.4 Å². The standard InChI is InChI=1S/C16H17F2NO/c1-11(14-7-6-13(20)10-16(14)18)19-9-8-12-4-2-3-5-15(12)17/h2-7,10-11,19-20H,8-9H2,1H3. The molecule has 0 heterocycles. The van der Waals surface area contributed by atoms with Crippen LogP contribution in [-0.2, 0) is 6.42 Å². The molecule has 20 heavy (non-hydrogen) atoms. The molecule has 1 unspecified atom stereocenters. The molecule has 1 atom stereocenters. The van der Waals surface area contributed by atoms with E-state index in [-0.39, 0.29) is 17.6 Å². The number of phenolic OH excluding ortho intramolecular Hbond substituents is 1. The molecule has 0 amide bonds. The lowest BCUT2D eigenvalue weighted by molar-refractivity contribution is 0.463. The van der Waals surface area contributed by atoms with Gasteiger partial charge in [-0.2, -0.15) is 0 Å². The van der Waals surface area contributed by atoms with Crippen molar-refractivity contribution in [3.05, 3.63) is 65.2 Å². The Kier molecular flexibility index (Phi) is 4.69. The average Bonchev–Trinajstić information content (AvgIpc) is 2.40. The van der Waals surface area contributed by atoms with E-state index >= 15 is 0 Å². The number of aromatic hydroxyl groups is 1. The summed E-state index contributed by atoms with van der Waals surface area (Å²) in [6.45, 7) is 2.37. The van der Waals surface area contributed by atoms with Crippen LogP contribution < -0.4 is 5.32 Å². The molecule has 0 fully saturated rings. The molecule has 0 aliphatic heterocycles. The maximum Gasteiger partial charge on any atom is 0.131 e. The topological polar surface area (TPSA) is 32.3 Å². The maximum absolute atomic E-state index is 13.7. The molecule has 0 aliphatic carbocycles. The molecule has 2 N–H and O–H groups in total. The first-order chi connectivity index (χ1) is 9.58. The van der Waals surface area contributed by atoms with Gasteiger partial charge in [0.2, 0.25) is 0 Å². The summed E-state index contributed by atoms with van der Waals surface area (Å²) >= 11 is 0. The van der Waals surface area contributed by atoms with Crippen LogP contribution in [-0.4, -0.2) is 11.7 Å². The zero-order valence-electron chi connectivity index (χ0n) is 11.2. The molecule has 0 saturated heterocycles. The van der Waals surface area contributed by atoms with E-state index in [2.05, 4.69) is 5.32 Å². The lowest BCUT2D eigenvalue weighted by Gasteiger charge is -2.15. The van der Waals surface area contributed by atoms with Crippen LogP contribution in [0.25, 0.3) is 0 Å². The fourth-order valence-electron chi connectivity index (χ4n) is 2.10. The Bertz CT molecular complexity index is 586. The second-order valence-electron chi connectivity index (χ2n) is 4.72. The second kappa shape index (κ2) is 6.48. The number of nitrogens with one attached hydrogen (secondary N) is 1. The van der Waals surface area contributed by atoms with Gasteiger partial charge in [0.25, 0.3) is 0 Å². The third-order valence-corrected chi connectivity index (χ3v) is 3.25. The zero-order valence-corrected chi connectivity index (χ0v) is 11.2. The molecular weight excluding hydrogens is 260 g/mol. The lowest BCUT2D eigenvalue weighted by Crippen LogP contribution is -2.22. The van der Waals surface area contributed by atoms with E-state index in [0.717, 1.165) is 6.07 Å². The molecule has 0 aromatic heterocycles. The minimum absolute atomic E-state index is 0.0928. The number of rotatable bonds is 5. The van der Waals surface area contributed by atoms with Crippen molar-refractivity contribution in [3.8, 4) is 5.75 Å². The molecule has 0 bridgehead atoms. The van der Waals surface area contributed by atoms with Crippen molar-refractivity contribution in [1.29, 1.82) is 0 Å². The van der Waals surface area contributed by atoms with Crippen LogP contribution >= 0.6 is 0 Å². The van der Waals surface area contributed by atoms with E-state index in [9.17, 15) is 13.9 Å². The van der Waals surface area contributed by atoms with Crippen LogP contribution in [0, 0.1) is 11.6 Å². The fourth-order valence-corrected chi connectivity index (χ4v) is 2.10. The Morgan fingerprint density at radius 1 is 1.10 bits per heavy atom. The van der Waals surface area contributed by atoms with Gasteiger partial charge in [0.1, 0.15) is 17.4 Å². The Morgan fingerprint density at radius 3 is 2.55 bits per heavy atom. The number of halogens is 2. The van der Waals surface area contributed by atoms with Crippen molar-refractivity contribution in [2.45, 2.75) is 19.4 Å². The highest BCUT2D eigenvalue weighted by molar-refractivity contribution is 5.29. The van der Waals surface area contributed by atoms with Crippen molar-refractivity contribution < 1.29 is 13.9 Å². The molecule has 106 valence electrons. The summed E-state index contributed by atoms with van der Waals surface area (Å²) in [6.07, 6.45) is 0.538. The SMILES string of the molecule is CC(NCCc1ccccc1F)c1ccc(O)cc1F. The first-order valence-corrected chi connectivity index (χ1v) is 6.53. The van der Waals surface area contributed by atoms with Crippen molar-refractivity contribution in [2.24, 2.45) is 0 Å². The summed E-state index contributed by atoms with van der Waals surface area (Å²) < 4.78 is 27.1. The number of benzene rings is 2. The second-order valence-corrected chi connectivity index (χ2v) is 4.72. The lowest BCUT2D eigenvalue weighted by atomic mass is 10.1. The largest absolute Gasteiger partial charge is 0.508 e. The smallest absolute Gasteiger partial charge is 0.131 e. The normalized spacial score (nSPS) is 12.3. The molecule has 0 radical (unpaired) electrons. The molecule has 0 spiro atoms. The van der Waals surface area contributed by atoms with Crippen molar-refractivity contribution in [2.75, 3.05) is 6.54 Å². The van der Waals surface area contributed by atoms with Gasteiger partial charge in [-0.15, -0.1) is 0 Å². The monoisotopic (exact) mass is 277 g/mol. The number of hydrogen-bond acceptors (Lipinski definition) is 2. The van der Waals surface area contributed by atoms with E-state index in [1.165, 1.54) is 12.1 Å². The maximum atomic E-state index is 13.7. The van der Waals surface area contributed by atoms with Gasteiger partial charge in [-0.25, -0.2) is 8.78 Å². The number of phenols is 1. The van der Waals surface area contributed by atoms with Crippen LogP contribution in [0.15, 0.2) is 42.5 Å². The zero-order chi connectivity index (χ0) is 14.5. The number of hydrogen-bond donors (Lipinski definition) is 2. The summed E-state index contributed by atoms with van der Waals surface area (Å²) in [5.74, 6) is -0.765. The first kappa shape index (κ1) is 14.5. The van der Waals surface area contributed by atoms with Gasteiger partial charge >= 0.3 is 0 Å². The summed E-state index contributed by atoms with van der Waals surface area (Å²) in [4.78, 5) is 0. The van der Waals surface area contributed by atoms with Crippen LogP contribution in [0.5, 0.6) is 5.75 Å². The molecule has 4 heteroatoms. The van der Waals surface area contributed by atoms with Crippen LogP contribution in [0.2, 0.25) is 0 Å². The third kappa shape index (κ3) is 3.54. The summed E-state index contributed by atoms with van der Waals surface area (Å²) in [5.41, 5.74) is 1.12. The van der Waals surface area contributed by atoms with Crippen molar-refractivity contribution in [3.63, 3.8) is 0 Å². The van der Waals surface area contributed by atoms with E-state index in [0.29, 0.717) is 24.1 Å². The highest BCUT2D eigenvalue weighted by atomic mass is 19.1. The molecule has 0 saturated carbocycles. The minimum Gasteiger partial charge on any atom is -0.508 e. The highest BCUT2D eigenvalue weighted by Crippen LogP contribution is 2.20. The fraction of sp³-hybridized carbons (Fsp3) is 0.250. The summed E-state index contributed by atoms with van der Waals surface area (Å²) in [6, 6.07) is 10.5. The van der Waals surface area contributed by atoms with Gasteiger partial charge in [0.15, 0.2) is 0 Å². The van der Waals surface area contributed by atoms with E-state index in [1.807, 2.05) is 6.92 Å². The molecule has 2 rings (SSSR count). The molecular formula is C16H17F2NO. The summed E-state index contributed by atoms with van der Waals surface area (Å²) in [7, 11) is 0. The Morgan fingerprint density at radius 2 is 1.85 bits per heavy atom. The molecule has 2 aromatic carbocycles. The predicted molar refractivity (Wildman–Crippen MR) is 74.6 cm³/mol. The van der Waals surface area contributed by atoms with Gasteiger partial charge in [-0.05, 0) is 37.6 Å². The average molecular weight is 277 g/mol. The third-order valence-electron chi connectivity index (χ3n) is 3.25. The quantitative estimate of drug-likeness (QED) is 0.875. The van der Waals surface area contributed by atoms with Gasteiger partial charge in [0.05, 0.1) is 0 Å². The van der Waals surface area contributed by atoms with E-state index in [4.69, 9.17) is 0 Å². The van der Waals surface area contributed by atoms with Crippen LogP contribution in [0.3, 0.4) is 0 Å². The van der Waals surface area contributed by atoms with Crippen LogP contribution in [0.1, 0.15) is 24.1 Å². The predicted octanol–water partition coefficient (Wildman–Crippen LogP) is 3.56. The van der Waals surface area contributed by atoms with Gasteiger partial charge in [-0.1, -0.05) is 24.3 Å².